The van der Waals surface area contributed by atoms with Crippen molar-refractivity contribution >= 4 is 56.2 Å². The number of nitriles is 1. The van der Waals surface area contributed by atoms with Gasteiger partial charge in [-0.15, -0.1) is 0 Å². The number of amides is 1. The molecule has 31 heavy (non-hydrogen) atoms. The lowest BCUT2D eigenvalue weighted by molar-refractivity contribution is -0.117. The molecule has 3 aromatic carbocycles. The average Bonchev–Trinajstić information content (AvgIpc) is 2.73. The lowest BCUT2D eigenvalue weighted by Gasteiger charge is -2.18. The fraction of sp³-hybridized carbons (Fsp3) is 0.0909. The topological polar surface area (TPSA) is 87.0 Å². The van der Waals surface area contributed by atoms with Crippen LogP contribution < -0.4 is 5.32 Å². The van der Waals surface area contributed by atoms with E-state index >= 15 is 0 Å². The molecular weight excluding hydrogens is 479 g/mol. The second kappa shape index (κ2) is 9.71. The summed E-state index contributed by atoms with van der Waals surface area (Å²) in [7, 11) is -3.81. The van der Waals surface area contributed by atoms with E-state index in [-0.39, 0.29) is 15.5 Å². The number of rotatable bonds is 6. The summed E-state index contributed by atoms with van der Waals surface area (Å²) in [5.74, 6) is -2.03. The molecule has 0 spiro atoms. The van der Waals surface area contributed by atoms with E-state index in [1.807, 2.05) is 6.07 Å². The van der Waals surface area contributed by atoms with Gasteiger partial charge in [0.1, 0.15) is 6.07 Å². The summed E-state index contributed by atoms with van der Waals surface area (Å²) >= 11 is 17.8. The van der Waals surface area contributed by atoms with Gasteiger partial charge in [0, 0.05) is 15.7 Å². The van der Waals surface area contributed by atoms with Crippen LogP contribution in [-0.4, -0.2) is 20.1 Å². The predicted octanol–water partition coefficient (Wildman–Crippen LogP) is 5.71. The number of benzene rings is 3. The van der Waals surface area contributed by atoms with Gasteiger partial charge in [0.25, 0.3) is 0 Å². The molecule has 1 N–H and O–H groups in total. The summed E-state index contributed by atoms with van der Waals surface area (Å²) in [4.78, 5) is 13.1. The summed E-state index contributed by atoms with van der Waals surface area (Å²) in [5, 5.41) is 12.7. The Bertz CT molecular complexity index is 1250. The number of carbonyl (C=O) groups is 1. The van der Waals surface area contributed by atoms with Gasteiger partial charge in [0.2, 0.25) is 5.91 Å². The molecule has 3 aromatic rings. The second-order valence-electron chi connectivity index (χ2n) is 6.64. The van der Waals surface area contributed by atoms with Crippen LogP contribution in [0.2, 0.25) is 15.1 Å². The maximum absolute atomic E-state index is 13.1. The molecule has 0 radical (unpaired) electrons. The summed E-state index contributed by atoms with van der Waals surface area (Å²) in [6.45, 7) is 0. The molecule has 5 nitrogen and oxygen atoms in total. The van der Waals surface area contributed by atoms with Crippen molar-refractivity contribution < 1.29 is 13.2 Å². The van der Waals surface area contributed by atoms with E-state index in [1.54, 1.807) is 24.3 Å². The van der Waals surface area contributed by atoms with Crippen molar-refractivity contribution in [2.75, 3.05) is 11.1 Å². The molecule has 1 atom stereocenters. The summed E-state index contributed by atoms with van der Waals surface area (Å²) < 4.78 is 26.0. The maximum atomic E-state index is 13.1. The molecule has 158 valence electrons. The van der Waals surface area contributed by atoms with Gasteiger partial charge in [0.05, 0.1) is 27.2 Å². The van der Waals surface area contributed by atoms with Crippen molar-refractivity contribution in [3.05, 3.63) is 92.9 Å². The highest BCUT2D eigenvalue weighted by atomic mass is 35.5. The Labute approximate surface area is 195 Å². The third kappa shape index (κ3) is 5.78. The predicted molar refractivity (Wildman–Crippen MR) is 122 cm³/mol. The molecule has 0 aliphatic rings. The molecule has 0 aliphatic heterocycles. The minimum atomic E-state index is -3.81. The first kappa shape index (κ1) is 23.1. The van der Waals surface area contributed by atoms with E-state index in [1.165, 1.54) is 42.5 Å². The quantitative estimate of drug-likeness (QED) is 0.476. The lowest BCUT2D eigenvalue weighted by atomic mass is 10.00. The van der Waals surface area contributed by atoms with Gasteiger partial charge in [-0.3, -0.25) is 4.79 Å². The Morgan fingerprint density at radius 1 is 0.935 bits per heavy atom. The van der Waals surface area contributed by atoms with E-state index in [0.717, 1.165) is 0 Å². The smallest absolute Gasteiger partial charge is 0.232 e. The highest BCUT2D eigenvalue weighted by Crippen LogP contribution is 2.27. The molecule has 0 aromatic heterocycles. The summed E-state index contributed by atoms with van der Waals surface area (Å²) in [6.07, 6.45) is 0. The molecule has 1 unspecified atom stereocenters. The fourth-order valence-corrected chi connectivity index (χ4v) is 4.89. The van der Waals surface area contributed by atoms with Gasteiger partial charge >= 0.3 is 0 Å². The normalized spacial score (nSPS) is 12.1. The molecule has 3 rings (SSSR count). The minimum absolute atomic E-state index is 0.0603. The van der Waals surface area contributed by atoms with Crippen LogP contribution in [0.25, 0.3) is 0 Å². The highest BCUT2D eigenvalue weighted by Gasteiger charge is 2.28. The second-order valence-corrected chi connectivity index (χ2v) is 9.95. The van der Waals surface area contributed by atoms with E-state index in [2.05, 4.69) is 5.32 Å². The molecule has 0 aliphatic carbocycles. The first-order valence-electron chi connectivity index (χ1n) is 8.94. The maximum Gasteiger partial charge on any atom is 0.232 e. The van der Waals surface area contributed by atoms with Crippen LogP contribution >= 0.6 is 34.8 Å². The van der Waals surface area contributed by atoms with Gasteiger partial charge in [0.15, 0.2) is 9.84 Å². The highest BCUT2D eigenvalue weighted by molar-refractivity contribution is 7.91. The van der Waals surface area contributed by atoms with Crippen LogP contribution in [0.15, 0.2) is 71.6 Å². The third-order valence-corrected chi connectivity index (χ3v) is 7.08. The molecule has 9 heteroatoms. The molecular formula is C22H15Cl3N2O3S. The van der Waals surface area contributed by atoms with Crippen LogP contribution in [0.4, 0.5) is 5.69 Å². The third-order valence-electron chi connectivity index (χ3n) is 4.50. The van der Waals surface area contributed by atoms with Crippen molar-refractivity contribution in [3.63, 3.8) is 0 Å². The van der Waals surface area contributed by atoms with Crippen molar-refractivity contribution in [2.45, 2.75) is 10.8 Å². The number of hydrogen-bond donors (Lipinski definition) is 1. The average molecular weight is 494 g/mol. The summed E-state index contributed by atoms with van der Waals surface area (Å²) in [6, 6.07) is 18.5. The monoisotopic (exact) mass is 492 g/mol. The Kier molecular flexibility index (Phi) is 7.24. The van der Waals surface area contributed by atoms with Crippen molar-refractivity contribution in [1.29, 1.82) is 5.26 Å². The lowest BCUT2D eigenvalue weighted by Crippen LogP contribution is -2.27. The molecule has 0 heterocycles. The zero-order chi connectivity index (χ0) is 22.6. The zero-order valence-electron chi connectivity index (χ0n) is 15.8. The van der Waals surface area contributed by atoms with Crippen LogP contribution in [0.3, 0.4) is 0 Å². The first-order chi connectivity index (χ1) is 14.7. The molecule has 0 saturated carbocycles. The van der Waals surface area contributed by atoms with Gasteiger partial charge in [-0.2, -0.15) is 5.26 Å². The minimum Gasteiger partial charge on any atom is -0.325 e. The molecule has 0 bridgehead atoms. The van der Waals surface area contributed by atoms with Crippen molar-refractivity contribution in [3.8, 4) is 6.07 Å². The van der Waals surface area contributed by atoms with Crippen LogP contribution in [-0.2, 0) is 14.6 Å². The Hall–Kier alpha value is -2.56. The van der Waals surface area contributed by atoms with E-state index in [9.17, 15) is 13.2 Å². The van der Waals surface area contributed by atoms with E-state index in [4.69, 9.17) is 40.1 Å². The van der Waals surface area contributed by atoms with E-state index in [0.29, 0.717) is 21.3 Å². The number of sulfone groups is 1. The summed E-state index contributed by atoms with van der Waals surface area (Å²) in [5.41, 5.74) is 1.09. The number of carbonyl (C=O) groups excluding carboxylic acids is 1. The number of hydrogen-bond acceptors (Lipinski definition) is 4. The Morgan fingerprint density at radius 2 is 1.52 bits per heavy atom. The van der Waals surface area contributed by atoms with Gasteiger partial charge in [-0.25, -0.2) is 8.42 Å². The Morgan fingerprint density at radius 3 is 2.06 bits per heavy atom. The standard InChI is InChI=1S/C22H15Cl3N2O3S/c23-16-4-1-14(2-5-16)20(13-31(29,30)19-9-6-17(24)7-10-19)22(28)27-18-8-3-15(12-26)21(25)11-18/h1-11,20H,13H2,(H,27,28). The molecule has 1 amide bonds. The van der Waals surface area contributed by atoms with Crippen LogP contribution in [0.5, 0.6) is 0 Å². The van der Waals surface area contributed by atoms with Crippen molar-refractivity contribution in [2.24, 2.45) is 0 Å². The molecule has 0 saturated heterocycles. The number of nitrogens with zero attached hydrogens (tertiary/aromatic N) is 1. The van der Waals surface area contributed by atoms with Crippen LogP contribution in [0, 0.1) is 11.3 Å². The largest absolute Gasteiger partial charge is 0.325 e. The Balaban J connectivity index is 1.93. The number of halogens is 3. The van der Waals surface area contributed by atoms with Gasteiger partial charge < -0.3 is 5.32 Å². The van der Waals surface area contributed by atoms with Gasteiger partial charge in [-0.05, 0) is 60.2 Å². The van der Waals surface area contributed by atoms with E-state index < -0.39 is 27.4 Å². The number of nitrogens with one attached hydrogen (secondary N) is 1. The number of anilines is 1. The fourth-order valence-electron chi connectivity index (χ4n) is 2.89. The first-order valence-corrected chi connectivity index (χ1v) is 11.7. The van der Waals surface area contributed by atoms with Crippen LogP contribution in [0.1, 0.15) is 17.0 Å². The van der Waals surface area contributed by atoms with Gasteiger partial charge in [-0.1, -0.05) is 46.9 Å². The van der Waals surface area contributed by atoms with Crippen molar-refractivity contribution in [1.82, 2.24) is 0 Å². The molecule has 0 fully saturated rings. The zero-order valence-corrected chi connectivity index (χ0v) is 18.9. The SMILES string of the molecule is N#Cc1ccc(NC(=O)C(CS(=O)(=O)c2ccc(Cl)cc2)c2ccc(Cl)cc2)cc1Cl.